The standard InChI is InChI=1S/C21H25NO/c1-22-18-12-13-19(22)15-20(14-18)23-21(16-8-4-2-5-9-16)17-10-6-3-7-11-17/h2-11,18-21H,12-15H2,1H3/t18-,19+,20?/i1D3. The van der Waals surface area contributed by atoms with Gasteiger partial charge in [0.15, 0.2) is 0 Å². The molecule has 120 valence electrons. The Morgan fingerprint density at radius 1 is 0.913 bits per heavy atom. The van der Waals surface area contributed by atoms with Crippen molar-refractivity contribution in [2.75, 3.05) is 6.98 Å². The molecule has 2 nitrogen and oxygen atoms in total. The molecule has 2 fully saturated rings. The third-order valence-electron chi connectivity index (χ3n) is 5.22. The average molecular weight is 310 g/mol. The van der Waals surface area contributed by atoms with Crippen molar-refractivity contribution in [3.05, 3.63) is 71.8 Å². The predicted molar refractivity (Wildman–Crippen MR) is 93.4 cm³/mol. The van der Waals surface area contributed by atoms with Gasteiger partial charge in [0.2, 0.25) is 0 Å². The summed E-state index contributed by atoms with van der Waals surface area (Å²) in [5.74, 6) is 0. The van der Waals surface area contributed by atoms with Gasteiger partial charge in [0.25, 0.3) is 0 Å². The molecule has 0 saturated carbocycles. The van der Waals surface area contributed by atoms with Gasteiger partial charge in [0.1, 0.15) is 6.10 Å². The fraction of sp³-hybridized carbons (Fsp3) is 0.429. The third kappa shape index (κ3) is 3.06. The lowest BCUT2D eigenvalue weighted by Crippen LogP contribution is -2.43. The molecule has 0 aromatic heterocycles. The zero-order valence-electron chi connectivity index (χ0n) is 16.3. The number of fused-ring (bicyclic) bond motifs is 2. The Kier molecular flexibility index (Phi) is 3.32. The van der Waals surface area contributed by atoms with Crippen LogP contribution in [0.2, 0.25) is 0 Å². The second kappa shape index (κ2) is 6.46. The van der Waals surface area contributed by atoms with E-state index in [2.05, 4.69) is 24.3 Å². The second-order valence-electron chi connectivity index (χ2n) is 6.72. The molecule has 2 bridgehead atoms. The van der Waals surface area contributed by atoms with Gasteiger partial charge < -0.3 is 9.64 Å². The molecule has 3 atom stereocenters. The molecular weight excluding hydrogens is 282 g/mol. The molecule has 4 rings (SSSR count). The molecule has 0 aliphatic carbocycles. The first-order chi connectivity index (χ1) is 12.5. The van der Waals surface area contributed by atoms with Crippen molar-refractivity contribution < 1.29 is 8.85 Å². The van der Waals surface area contributed by atoms with E-state index in [0.717, 1.165) is 36.8 Å². The number of rotatable bonds is 4. The van der Waals surface area contributed by atoms with Crippen molar-refractivity contribution in [2.45, 2.75) is 50.0 Å². The van der Waals surface area contributed by atoms with Crippen LogP contribution in [-0.2, 0) is 4.74 Å². The highest BCUT2D eigenvalue weighted by atomic mass is 16.5. The molecular formula is C21H25NO. The van der Waals surface area contributed by atoms with E-state index in [9.17, 15) is 0 Å². The molecule has 0 N–H and O–H groups in total. The van der Waals surface area contributed by atoms with Gasteiger partial charge in [-0.3, -0.25) is 0 Å². The van der Waals surface area contributed by atoms with Crippen LogP contribution in [0.4, 0.5) is 0 Å². The normalized spacial score (nSPS) is 30.0. The number of piperidine rings is 1. The number of benzene rings is 2. The number of hydrogen-bond donors (Lipinski definition) is 0. The van der Waals surface area contributed by atoms with Crippen molar-refractivity contribution in [2.24, 2.45) is 0 Å². The Morgan fingerprint density at radius 2 is 1.43 bits per heavy atom. The van der Waals surface area contributed by atoms with Gasteiger partial charge in [-0.15, -0.1) is 0 Å². The molecule has 1 unspecified atom stereocenters. The molecule has 0 radical (unpaired) electrons. The summed E-state index contributed by atoms with van der Waals surface area (Å²) >= 11 is 0. The van der Waals surface area contributed by atoms with Crippen LogP contribution in [0.1, 0.15) is 47.0 Å². The fourth-order valence-electron chi connectivity index (χ4n) is 4.04. The maximum Gasteiger partial charge on any atom is 0.108 e. The number of ether oxygens (including phenoxy) is 1. The topological polar surface area (TPSA) is 12.5 Å². The monoisotopic (exact) mass is 310 g/mol. The zero-order valence-corrected chi connectivity index (χ0v) is 13.3. The molecule has 2 heteroatoms. The molecule has 2 aliphatic rings. The summed E-state index contributed by atoms with van der Waals surface area (Å²) in [6, 6.07) is 20.8. The van der Waals surface area contributed by atoms with Crippen LogP contribution in [0.3, 0.4) is 0 Å². The molecule has 0 amide bonds. The van der Waals surface area contributed by atoms with E-state index in [0.29, 0.717) is 0 Å². The number of nitrogens with zero attached hydrogens (tertiary/aromatic N) is 1. The fourth-order valence-corrected chi connectivity index (χ4v) is 4.04. The molecule has 23 heavy (non-hydrogen) atoms. The van der Waals surface area contributed by atoms with Gasteiger partial charge in [-0.05, 0) is 43.8 Å². The smallest absolute Gasteiger partial charge is 0.108 e. The maximum absolute atomic E-state index is 7.82. The molecule has 0 spiro atoms. The molecule has 2 aliphatic heterocycles. The minimum absolute atomic E-state index is 0.0940. The minimum Gasteiger partial charge on any atom is -0.365 e. The first kappa shape index (κ1) is 11.8. The minimum atomic E-state index is -1.99. The van der Waals surface area contributed by atoms with Crippen molar-refractivity contribution in [1.29, 1.82) is 0 Å². The lowest BCUT2D eigenvalue weighted by atomic mass is 9.97. The molecule has 2 saturated heterocycles. The largest absolute Gasteiger partial charge is 0.365 e. The van der Waals surface area contributed by atoms with E-state index in [4.69, 9.17) is 8.85 Å². The summed E-state index contributed by atoms with van der Waals surface area (Å²) in [6.07, 6.45) is 3.50. The summed E-state index contributed by atoms with van der Waals surface area (Å²) in [4.78, 5) is 1.76. The van der Waals surface area contributed by atoms with Crippen molar-refractivity contribution in [3.8, 4) is 0 Å². The molecule has 2 aromatic rings. The van der Waals surface area contributed by atoms with Crippen LogP contribution >= 0.6 is 0 Å². The van der Waals surface area contributed by atoms with Crippen LogP contribution in [0.5, 0.6) is 0 Å². The van der Waals surface area contributed by atoms with E-state index < -0.39 is 6.98 Å². The Balaban J connectivity index is 1.55. The summed E-state index contributed by atoms with van der Waals surface area (Å²) in [7, 11) is 0. The molecule has 2 heterocycles. The quantitative estimate of drug-likeness (QED) is 0.829. The second-order valence-corrected chi connectivity index (χ2v) is 6.72. The van der Waals surface area contributed by atoms with Crippen LogP contribution in [0.25, 0.3) is 0 Å². The summed E-state index contributed by atoms with van der Waals surface area (Å²) in [5.41, 5.74) is 2.29. The Morgan fingerprint density at radius 3 is 1.91 bits per heavy atom. The summed E-state index contributed by atoms with van der Waals surface area (Å²) in [5, 5.41) is 0. The Bertz CT molecular complexity index is 666. The van der Waals surface area contributed by atoms with Crippen molar-refractivity contribution >= 4 is 0 Å². The maximum atomic E-state index is 7.82. The van der Waals surface area contributed by atoms with Gasteiger partial charge in [0, 0.05) is 16.2 Å². The highest BCUT2D eigenvalue weighted by Gasteiger charge is 2.39. The lowest BCUT2D eigenvalue weighted by molar-refractivity contribution is -0.0426. The van der Waals surface area contributed by atoms with Gasteiger partial charge in [-0.2, -0.15) is 0 Å². The van der Waals surface area contributed by atoms with E-state index in [1.807, 2.05) is 36.4 Å². The molecule has 2 aromatic carbocycles. The van der Waals surface area contributed by atoms with E-state index >= 15 is 0 Å². The Labute approximate surface area is 143 Å². The lowest BCUT2D eigenvalue weighted by Gasteiger charge is -2.38. The van der Waals surface area contributed by atoms with Gasteiger partial charge in [-0.25, -0.2) is 0 Å². The van der Waals surface area contributed by atoms with Crippen LogP contribution in [0.15, 0.2) is 60.7 Å². The van der Waals surface area contributed by atoms with E-state index in [1.54, 1.807) is 4.90 Å². The Hall–Kier alpha value is -1.64. The van der Waals surface area contributed by atoms with Gasteiger partial charge in [0.05, 0.1) is 6.10 Å². The van der Waals surface area contributed by atoms with Gasteiger partial charge in [-0.1, -0.05) is 60.7 Å². The van der Waals surface area contributed by atoms with Crippen LogP contribution in [0, 0.1) is 0 Å². The third-order valence-corrected chi connectivity index (χ3v) is 5.22. The van der Waals surface area contributed by atoms with Crippen molar-refractivity contribution in [1.82, 2.24) is 4.90 Å². The van der Waals surface area contributed by atoms with Crippen LogP contribution < -0.4 is 0 Å². The van der Waals surface area contributed by atoms with Crippen molar-refractivity contribution in [3.63, 3.8) is 0 Å². The highest BCUT2D eigenvalue weighted by molar-refractivity contribution is 5.30. The SMILES string of the molecule is [2H]C([2H])([2H])N1[C@@H]2CC[C@H]1CC(OC(c1ccccc1)c1ccccc1)C2. The first-order valence-electron chi connectivity index (χ1n) is 10.1. The van der Waals surface area contributed by atoms with E-state index in [1.165, 1.54) is 0 Å². The first-order valence-corrected chi connectivity index (χ1v) is 8.56. The van der Waals surface area contributed by atoms with Crippen LogP contribution in [-0.4, -0.2) is 30.1 Å². The van der Waals surface area contributed by atoms with E-state index in [-0.39, 0.29) is 24.3 Å². The zero-order chi connectivity index (χ0) is 18.1. The summed E-state index contributed by atoms with van der Waals surface area (Å²) in [6.45, 7) is -1.99. The van der Waals surface area contributed by atoms with Gasteiger partial charge >= 0.3 is 0 Å². The average Bonchev–Trinajstić information content (AvgIpc) is 2.93. The summed E-state index contributed by atoms with van der Waals surface area (Å²) < 4.78 is 30.1. The highest BCUT2D eigenvalue weighted by Crippen LogP contribution is 2.38. The number of hydrogen-bond acceptors (Lipinski definition) is 2. The predicted octanol–water partition coefficient (Wildman–Crippen LogP) is 4.42.